The molecule has 4 aromatic rings. The van der Waals surface area contributed by atoms with Crippen molar-refractivity contribution < 1.29 is 28.4 Å². The molecule has 0 aromatic heterocycles. The van der Waals surface area contributed by atoms with E-state index in [2.05, 4.69) is 48.5 Å². The van der Waals surface area contributed by atoms with Crippen LogP contribution in [-0.4, -0.2) is 27.8 Å². The average Bonchev–Trinajstić information content (AvgIpc) is 3.66. The van der Waals surface area contributed by atoms with Crippen LogP contribution in [0.2, 0.25) is 0 Å². The van der Waals surface area contributed by atoms with Crippen LogP contribution in [0, 0.1) is 0 Å². The molecule has 206 valence electrons. The molecule has 2 aliphatic rings. The maximum absolute atomic E-state index is 5.74. The van der Waals surface area contributed by atoms with Crippen molar-refractivity contribution in [1.82, 2.24) is 0 Å². The first-order valence-corrected chi connectivity index (χ1v) is 13.8. The second-order valence-corrected chi connectivity index (χ2v) is 10.1. The third-order valence-corrected chi connectivity index (χ3v) is 7.74. The summed E-state index contributed by atoms with van der Waals surface area (Å²) in [5.74, 6) is 5.06. The minimum Gasteiger partial charge on any atom is -0.497 e. The van der Waals surface area contributed by atoms with Crippen molar-refractivity contribution in [2.24, 2.45) is 0 Å². The van der Waals surface area contributed by atoms with E-state index >= 15 is 0 Å². The van der Waals surface area contributed by atoms with Gasteiger partial charge in [0.1, 0.15) is 11.5 Å². The standard InChI is InChI=1S/C34H34O6/c1-35-29-13-5-23(6-14-29)3-9-25-17-31-33(39-21-37-31)19-27(25)11-12-28-20-34-32(38-22-40-34)18-26(28)10-4-24-7-15-30(36-2)16-8-24/h5-8,13-20H,3-4,9-12,21-22H2,1-2H3. The molecule has 0 saturated carbocycles. The number of rotatable bonds is 11. The van der Waals surface area contributed by atoms with E-state index < -0.39 is 0 Å². The third kappa shape index (κ3) is 5.81. The summed E-state index contributed by atoms with van der Waals surface area (Å²) >= 11 is 0. The lowest BCUT2D eigenvalue weighted by Gasteiger charge is -2.15. The molecule has 6 heteroatoms. The van der Waals surface area contributed by atoms with Gasteiger partial charge in [-0.3, -0.25) is 0 Å². The second kappa shape index (κ2) is 11.8. The molecule has 40 heavy (non-hydrogen) atoms. The topological polar surface area (TPSA) is 55.4 Å². The Morgan fingerprint density at radius 3 is 1.05 bits per heavy atom. The smallest absolute Gasteiger partial charge is 0.231 e. The van der Waals surface area contributed by atoms with Crippen LogP contribution in [-0.2, 0) is 38.5 Å². The van der Waals surface area contributed by atoms with Crippen molar-refractivity contribution in [1.29, 1.82) is 0 Å². The first-order valence-electron chi connectivity index (χ1n) is 13.8. The molecule has 0 N–H and O–H groups in total. The van der Waals surface area contributed by atoms with Gasteiger partial charge in [-0.1, -0.05) is 24.3 Å². The highest BCUT2D eigenvalue weighted by Crippen LogP contribution is 2.38. The summed E-state index contributed by atoms with van der Waals surface area (Å²) in [6.07, 6.45) is 5.50. The highest BCUT2D eigenvalue weighted by molar-refractivity contribution is 5.51. The van der Waals surface area contributed by atoms with E-state index in [4.69, 9.17) is 28.4 Å². The minimum atomic E-state index is 0.272. The third-order valence-electron chi connectivity index (χ3n) is 7.74. The van der Waals surface area contributed by atoms with Crippen molar-refractivity contribution in [3.8, 4) is 34.5 Å². The molecule has 0 bridgehead atoms. The molecule has 6 rings (SSSR count). The van der Waals surface area contributed by atoms with Gasteiger partial charge in [-0.2, -0.15) is 0 Å². The van der Waals surface area contributed by atoms with Crippen molar-refractivity contribution in [3.05, 3.63) is 106 Å². The number of hydrogen-bond acceptors (Lipinski definition) is 6. The van der Waals surface area contributed by atoms with Crippen LogP contribution >= 0.6 is 0 Å². The zero-order valence-electron chi connectivity index (χ0n) is 23.0. The summed E-state index contributed by atoms with van der Waals surface area (Å²) in [6.45, 7) is 0.544. The van der Waals surface area contributed by atoms with E-state index in [1.807, 2.05) is 24.3 Å². The molecule has 0 unspecified atom stereocenters. The van der Waals surface area contributed by atoms with Crippen molar-refractivity contribution in [2.45, 2.75) is 38.5 Å². The monoisotopic (exact) mass is 538 g/mol. The Balaban J connectivity index is 1.21. The number of hydrogen-bond donors (Lipinski definition) is 0. The summed E-state index contributed by atoms with van der Waals surface area (Å²) in [4.78, 5) is 0. The van der Waals surface area contributed by atoms with E-state index in [-0.39, 0.29) is 13.6 Å². The molecule has 0 atom stereocenters. The molecule has 0 aliphatic carbocycles. The van der Waals surface area contributed by atoms with E-state index in [1.54, 1.807) is 14.2 Å². The highest BCUT2D eigenvalue weighted by Gasteiger charge is 2.20. The Morgan fingerprint density at radius 2 is 0.750 bits per heavy atom. The van der Waals surface area contributed by atoms with Crippen LogP contribution in [0.25, 0.3) is 0 Å². The molecule has 0 spiro atoms. The fourth-order valence-electron chi connectivity index (χ4n) is 5.39. The fraction of sp³-hybridized carbons (Fsp3) is 0.294. The number of fused-ring (bicyclic) bond motifs is 2. The maximum atomic E-state index is 5.74. The van der Waals surface area contributed by atoms with Gasteiger partial charge in [-0.15, -0.1) is 0 Å². The Hall–Kier alpha value is -4.32. The minimum absolute atomic E-state index is 0.272. The molecule has 0 amide bonds. The van der Waals surface area contributed by atoms with Gasteiger partial charge >= 0.3 is 0 Å². The van der Waals surface area contributed by atoms with Crippen LogP contribution < -0.4 is 28.4 Å². The summed E-state index contributed by atoms with van der Waals surface area (Å²) in [6, 6.07) is 25.2. The lowest BCUT2D eigenvalue weighted by atomic mass is 9.92. The predicted molar refractivity (Wildman–Crippen MR) is 153 cm³/mol. The van der Waals surface area contributed by atoms with E-state index in [9.17, 15) is 0 Å². The van der Waals surface area contributed by atoms with Gasteiger partial charge in [-0.25, -0.2) is 0 Å². The Labute approximate surface area is 235 Å². The Kier molecular flexibility index (Phi) is 7.67. The van der Waals surface area contributed by atoms with Crippen molar-refractivity contribution in [2.75, 3.05) is 27.8 Å². The fourth-order valence-corrected chi connectivity index (χ4v) is 5.39. The zero-order valence-corrected chi connectivity index (χ0v) is 23.0. The molecule has 0 radical (unpaired) electrons. The normalized spacial score (nSPS) is 12.9. The summed E-state index contributed by atoms with van der Waals surface area (Å²) in [5.41, 5.74) is 7.72. The van der Waals surface area contributed by atoms with Gasteiger partial charge < -0.3 is 28.4 Å². The molecular weight excluding hydrogens is 504 g/mol. The van der Waals surface area contributed by atoms with Crippen LogP contribution in [0.1, 0.15) is 33.4 Å². The largest absolute Gasteiger partial charge is 0.497 e. The Morgan fingerprint density at radius 1 is 0.450 bits per heavy atom. The number of benzene rings is 4. The van der Waals surface area contributed by atoms with E-state index in [0.29, 0.717) is 0 Å². The van der Waals surface area contributed by atoms with Crippen molar-refractivity contribution in [3.63, 3.8) is 0 Å². The molecule has 0 fully saturated rings. The van der Waals surface area contributed by atoms with Gasteiger partial charge in [0.2, 0.25) is 13.6 Å². The van der Waals surface area contributed by atoms with Crippen LogP contribution in [0.15, 0.2) is 72.8 Å². The first-order chi connectivity index (χ1) is 19.7. The summed E-state index contributed by atoms with van der Waals surface area (Å²) in [5, 5.41) is 0. The predicted octanol–water partition coefficient (Wildman–Crippen LogP) is 6.52. The average molecular weight is 539 g/mol. The SMILES string of the molecule is COc1ccc(CCc2cc3c(cc2CCc2cc4c(cc2CCc2ccc(OC)cc2)OCO4)OCO3)cc1. The molecule has 0 saturated heterocycles. The summed E-state index contributed by atoms with van der Waals surface area (Å²) in [7, 11) is 3.39. The maximum Gasteiger partial charge on any atom is 0.231 e. The van der Waals surface area contributed by atoms with Gasteiger partial charge in [0, 0.05) is 0 Å². The molecule has 2 aliphatic heterocycles. The quantitative estimate of drug-likeness (QED) is 0.217. The van der Waals surface area contributed by atoms with Gasteiger partial charge in [0.15, 0.2) is 23.0 Å². The van der Waals surface area contributed by atoms with Gasteiger partial charge in [0.25, 0.3) is 0 Å². The first kappa shape index (κ1) is 25.9. The van der Waals surface area contributed by atoms with Gasteiger partial charge in [0.05, 0.1) is 14.2 Å². The number of methoxy groups -OCH3 is 2. The highest BCUT2D eigenvalue weighted by atomic mass is 16.7. The summed E-state index contributed by atoms with van der Waals surface area (Å²) < 4.78 is 33.5. The van der Waals surface area contributed by atoms with Crippen molar-refractivity contribution >= 4 is 0 Å². The second-order valence-electron chi connectivity index (χ2n) is 10.1. The number of aryl methyl sites for hydroxylation is 6. The molecule has 4 aromatic carbocycles. The van der Waals surface area contributed by atoms with Crippen LogP contribution in [0.5, 0.6) is 34.5 Å². The van der Waals surface area contributed by atoms with Crippen LogP contribution in [0.4, 0.5) is 0 Å². The molecule has 6 nitrogen and oxygen atoms in total. The Bertz CT molecular complexity index is 1350. The number of ether oxygens (including phenoxy) is 6. The lowest BCUT2D eigenvalue weighted by molar-refractivity contribution is 0.173. The lowest BCUT2D eigenvalue weighted by Crippen LogP contribution is -2.03. The molecule has 2 heterocycles. The van der Waals surface area contributed by atoms with E-state index in [1.165, 1.54) is 33.4 Å². The van der Waals surface area contributed by atoms with Gasteiger partial charge in [-0.05, 0) is 120 Å². The van der Waals surface area contributed by atoms with E-state index in [0.717, 1.165) is 73.0 Å². The van der Waals surface area contributed by atoms with Crippen LogP contribution in [0.3, 0.4) is 0 Å². The molecular formula is C34H34O6. The zero-order chi connectivity index (χ0) is 27.3.